The summed E-state index contributed by atoms with van der Waals surface area (Å²) >= 11 is 0. The number of hydrogen-bond donors (Lipinski definition) is 1. The summed E-state index contributed by atoms with van der Waals surface area (Å²) in [5.74, 6) is 2.10. The van der Waals surface area contributed by atoms with Crippen molar-refractivity contribution in [2.75, 3.05) is 26.3 Å². The molecule has 2 aliphatic rings. The van der Waals surface area contributed by atoms with E-state index in [0.717, 1.165) is 63.7 Å². The molecule has 1 aromatic heterocycles. The molecule has 3 heterocycles. The zero-order chi connectivity index (χ0) is 12.4. The zero-order valence-corrected chi connectivity index (χ0v) is 10.9. The van der Waals surface area contributed by atoms with E-state index >= 15 is 0 Å². The number of nitrogens with one attached hydrogen (secondary N) is 1. The van der Waals surface area contributed by atoms with Gasteiger partial charge in [-0.05, 0) is 38.8 Å². The molecule has 18 heavy (non-hydrogen) atoms. The van der Waals surface area contributed by atoms with Crippen LogP contribution in [0, 0.1) is 0 Å². The summed E-state index contributed by atoms with van der Waals surface area (Å²) in [7, 11) is 0. The second-order valence-electron chi connectivity index (χ2n) is 5.65. The van der Waals surface area contributed by atoms with Crippen molar-refractivity contribution < 1.29 is 9.26 Å². The lowest BCUT2D eigenvalue weighted by Crippen LogP contribution is -2.38. The summed E-state index contributed by atoms with van der Waals surface area (Å²) < 4.78 is 10.9. The monoisotopic (exact) mass is 251 g/mol. The third-order valence-electron chi connectivity index (χ3n) is 4.26. The Hall–Kier alpha value is -0.940. The second kappa shape index (κ2) is 4.97. The van der Waals surface area contributed by atoms with Crippen LogP contribution in [0.2, 0.25) is 0 Å². The highest BCUT2D eigenvalue weighted by molar-refractivity contribution is 5.08. The van der Waals surface area contributed by atoms with Crippen LogP contribution in [0.25, 0.3) is 0 Å². The van der Waals surface area contributed by atoms with Crippen LogP contribution in [0.5, 0.6) is 0 Å². The fourth-order valence-corrected chi connectivity index (χ4v) is 2.79. The number of nitrogens with zero attached hydrogens (tertiary/aromatic N) is 2. The van der Waals surface area contributed by atoms with Gasteiger partial charge in [-0.15, -0.1) is 0 Å². The molecule has 0 bridgehead atoms. The number of ether oxygens (including phenoxy) is 1. The molecule has 0 radical (unpaired) electrons. The molecule has 5 heteroatoms. The first-order valence-electron chi connectivity index (χ1n) is 6.90. The lowest BCUT2D eigenvalue weighted by Gasteiger charge is -2.30. The quantitative estimate of drug-likeness (QED) is 0.865. The van der Waals surface area contributed by atoms with Crippen molar-refractivity contribution in [2.45, 2.75) is 43.9 Å². The second-order valence-corrected chi connectivity index (χ2v) is 5.65. The number of aromatic nitrogens is 2. The topological polar surface area (TPSA) is 60.2 Å². The van der Waals surface area contributed by atoms with Gasteiger partial charge in [-0.25, -0.2) is 0 Å². The molecule has 2 fully saturated rings. The molecule has 0 spiro atoms. The minimum atomic E-state index is 0.0815. The maximum absolute atomic E-state index is 5.49. The average Bonchev–Trinajstić information content (AvgIpc) is 2.91. The molecule has 0 atom stereocenters. The Labute approximate surface area is 107 Å². The van der Waals surface area contributed by atoms with Crippen molar-refractivity contribution in [2.24, 2.45) is 0 Å². The molecule has 5 nitrogen and oxygen atoms in total. The van der Waals surface area contributed by atoms with E-state index in [9.17, 15) is 0 Å². The minimum Gasteiger partial charge on any atom is -0.381 e. The van der Waals surface area contributed by atoms with Crippen molar-refractivity contribution in [3.8, 4) is 0 Å². The zero-order valence-electron chi connectivity index (χ0n) is 10.9. The molecule has 2 aliphatic heterocycles. The molecule has 0 aliphatic carbocycles. The molecule has 0 saturated carbocycles. The first-order valence-corrected chi connectivity index (χ1v) is 6.90. The Morgan fingerprint density at radius 3 is 2.67 bits per heavy atom. The van der Waals surface area contributed by atoms with Gasteiger partial charge in [-0.1, -0.05) is 12.1 Å². The van der Waals surface area contributed by atoms with Crippen molar-refractivity contribution in [1.29, 1.82) is 0 Å². The predicted octanol–water partition coefficient (Wildman–Crippen LogP) is 1.60. The summed E-state index contributed by atoms with van der Waals surface area (Å²) in [6, 6.07) is 0. The van der Waals surface area contributed by atoms with E-state index in [1.807, 2.05) is 0 Å². The van der Waals surface area contributed by atoms with Crippen LogP contribution in [-0.2, 0) is 10.2 Å². The number of piperidine rings is 1. The molecule has 0 aromatic carbocycles. The Morgan fingerprint density at radius 1 is 1.22 bits per heavy atom. The van der Waals surface area contributed by atoms with E-state index in [-0.39, 0.29) is 5.41 Å². The average molecular weight is 251 g/mol. The summed E-state index contributed by atoms with van der Waals surface area (Å²) in [6.45, 7) is 5.94. The van der Waals surface area contributed by atoms with Gasteiger partial charge in [-0.3, -0.25) is 0 Å². The smallest absolute Gasteiger partial charge is 0.229 e. The van der Waals surface area contributed by atoms with Crippen LogP contribution in [-0.4, -0.2) is 36.4 Å². The first-order chi connectivity index (χ1) is 8.78. The standard InChI is InChI=1S/C13H21N3O2/c1-13(4-6-14-7-5-13)12-15-11(18-16-12)10-2-8-17-9-3-10/h10,14H,2-9H2,1H3. The van der Waals surface area contributed by atoms with E-state index in [4.69, 9.17) is 9.26 Å². The maximum atomic E-state index is 5.49. The third-order valence-corrected chi connectivity index (χ3v) is 4.26. The van der Waals surface area contributed by atoms with Gasteiger partial charge in [0.15, 0.2) is 5.82 Å². The van der Waals surface area contributed by atoms with E-state index in [1.54, 1.807) is 0 Å². The van der Waals surface area contributed by atoms with Gasteiger partial charge in [-0.2, -0.15) is 4.98 Å². The molecule has 1 N–H and O–H groups in total. The van der Waals surface area contributed by atoms with Gasteiger partial charge in [0.1, 0.15) is 0 Å². The minimum absolute atomic E-state index is 0.0815. The van der Waals surface area contributed by atoms with Gasteiger partial charge in [0.05, 0.1) is 0 Å². The van der Waals surface area contributed by atoms with Gasteiger partial charge < -0.3 is 14.6 Å². The van der Waals surface area contributed by atoms with Gasteiger partial charge in [0.25, 0.3) is 0 Å². The lowest BCUT2D eigenvalue weighted by atomic mass is 9.80. The number of rotatable bonds is 2. The van der Waals surface area contributed by atoms with Crippen molar-refractivity contribution in [3.63, 3.8) is 0 Å². The Balaban J connectivity index is 1.75. The largest absolute Gasteiger partial charge is 0.381 e. The highest BCUT2D eigenvalue weighted by Gasteiger charge is 2.34. The molecule has 2 saturated heterocycles. The van der Waals surface area contributed by atoms with Crippen LogP contribution in [0.3, 0.4) is 0 Å². The van der Waals surface area contributed by atoms with E-state index in [2.05, 4.69) is 22.4 Å². The fourth-order valence-electron chi connectivity index (χ4n) is 2.79. The fraction of sp³-hybridized carbons (Fsp3) is 0.846. The predicted molar refractivity (Wildman–Crippen MR) is 66.5 cm³/mol. The van der Waals surface area contributed by atoms with Crippen LogP contribution in [0.1, 0.15) is 50.2 Å². The van der Waals surface area contributed by atoms with Crippen molar-refractivity contribution in [1.82, 2.24) is 15.5 Å². The molecular formula is C13H21N3O2. The maximum Gasteiger partial charge on any atom is 0.229 e. The SMILES string of the molecule is CC1(c2noc(C3CCOCC3)n2)CCNCC1. The van der Waals surface area contributed by atoms with E-state index < -0.39 is 0 Å². The van der Waals surface area contributed by atoms with Gasteiger partial charge >= 0.3 is 0 Å². The van der Waals surface area contributed by atoms with Crippen LogP contribution in [0.4, 0.5) is 0 Å². The van der Waals surface area contributed by atoms with Crippen molar-refractivity contribution in [3.05, 3.63) is 11.7 Å². The molecular weight excluding hydrogens is 230 g/mol. The Bertz CT molecular complexity index is 393. The molecule has 3 rings (SSSR count). The van der Waals surface area contributed by atoms with Gasteiger partial charge in [0.2, 0.25) is 5.89 Å². The normalized spacial score (nSPS) is 25.2. The summed E-state index contributed by atoms with van der Waals surface area (Å²) in [5.41, 5.74) is 0.0815. The van der Waals surface area contributed by atoms with Crippen LogP contribution >= 0.6 is 0 Å². The highest BCUT2D eigenvalue weighted by atomic mass is 16.5. The third kappa shape index (κ3) is 2.29. The summed E-state index contributed by atoms with van der Waals surface area (Å²) in [4.78, 5) is 4.67. The summed E-state index contributed by atoms with van der Waals surface area (Å²) in [6.07, 6.45) is 4.17. The Kier molecular flexibility index (Phi) is 3.35. The first kappa shape index (κ1) is 12.1. The van der Waals surface area contributed by atoms with Crippen LogP contribution in [0.15, 0.2) is 4.52 Å². The van der Waals surface area contributed by atoms with Gasteiger partial charge in [0, 0.05) is 24.5 Å². The molecule has 0 amide bonds. The van der Waals surface area contributed by atoms with Crippen LogP contribution < -0.4 is 5.32 Å². The summed E-state index contributed by atoms with van der Waals surface area (Å²) in [5, 5.41) is 7.61. The molecule has 1 aromatic rings. The molecule has 0 unspecified atom stereocenters. The number of hydrogen-bond acceptors (Lipinski definition) is 5. The lowest BCUT2D eigenvalue weighted by molar-refractivity contribution is 0.0778. The van der Waals surface area contributed by atoms with E-state index in [1.165, 1.54) is 0 Å². The van der Waals surface area contributed by atoms with Crippen molar-refractivity contribution >= 4 is 0 Å². The molecule has 100 valence electrons. The Morgan fingerprint density at radius 2 is 1.94 bits per heavy atom. The highest BCUT2D eigenvalue weighted by Crippen LogP contribution is 2.33. The van der Waals surface area contributed by atoms with E-state index in [0.29, 0.717) is 5.92 Å².